The molecule has 0 radical (unpaired) electrons. The number of nitrogens with one attached hydrogen (secondary N) is 1. The van der Waals surface area contributed by atoms with Crippen LogP contribution in [0.2, 0.25) is 0 Å². The van der Waals surface area contributed by atoms with Gasteiger partial charge in [0.1, 0.15) is 12.0 Å². The van der Waals surface area contributed by atoms with Gasteiger partial charge in [-0.2, -0.15) is 10.1 Å². The van der Waals surface area contributed by atoms with E-state index in [2.05, 4.69) is 30.2 Å². The maximum atomic E-state index is 12.9. The van der Waals surface area contributed by atoms with Crippen molar-refractivity contribution in [3.63, 3.8) is 0 Å². The average molecular weight is 400 g/mol. The second-order valence-electron chi connectivity index (χ2n) is 6.66. The van der Waals surface area contributed by atoms with Crippen LogP contribution in [-0.2, 0) is 11.3 Å². The third-order valence-corrected chi connectivity index (χ3v) is 4.76. The molecule has 0 aliphatic carbocycles. The molecule has 0 saturated carbocycles. The van der Waals surface area contributed by atoms with Crippen molar-refractivity contribution < 1.29 is 9.32 Å². The highest BCUT2D eigenvalue weighted by atomic mass is 16.5. The number of H-pyrrole nitrogens is 1. The fraction of sp³-hybridized carbons (Fsp3) is 0.100. The summed E-state index contributed by atoms with van der Waals surface area (Å²) in [7, 11) is 0. The van der Waals surface area contributed by atoms with E-state index in [1.165, 1.54) is 36.1 Å². The van der Waals surface area contributed by atoms with Crippen LogP contribution in [0.4, 0.5) is 5.82 Å². The summed E-state index contributed by atoms with van der Waals surface area (Å²) in [6.45, 7) is 2.58. The third-order valence-electron chi connectivity index (χ3n) is 4.76. The lowest BCUT2D eigenvalue weighted by molar-refractivity contribution is -0.114. The summed E-state index contributed by atoms with van der Waals surface area (Å²) in [4.78, 5) is 28.5. The normalized spacial score (nSPS) is 14.9. The molecule has 0 saturated heterocycles. The van der Waals surface area contributed by atoms with Crippen molar-refractivity contribution in [2.24, 2.45) is 5.10 Å². The Labute approximate surface area is 170 Å². The van der Waals surface area contributed by atoms with Crippen molar-refractivity contribution in [1.29, 1.82) is 0 Å². The van der Waals surface area contributed by atoms with Crippen molar-refractivity contribution >= 4 is 24.0 Å². The van der Waals surface area contributed by atoms with Crippen LogP contribution in [-0.4, -0.2) is 41.8 Å². The molecule has 10 heteroatoms. The first kappa shape index (κ1) is 17.7. The van der Waals surface area contributed by atoms with E-state index in [0.29, 0.717) is 23.6 Å². The van der Waals surface area contributed by atoms with Crippen LogP contribution in [0, 0.1) is 6.92 Å². The summed E-state index contributed by atoms with van der Waals surface area (Å²) in [5.74, 6) is 0.0763. The topological polar surface area (TPSA) is 118 Å². The molecule has 4 aromatic heterocycles. The SMILES string of the molecule is Cc1[nH]c(/C=C2\C=NN(c3cnccn3)C2=O)c(-c2ccon2)c1Cn1ccnc1. The zero-order valence-corrected chi connectivity index (χ0v) is 15.9. The van der Waals surface area contributed by atoms with E-state index < -0.39 is 0 Å². The molecule has 1 aliphatic heterocycles. The molecule has 0 aromatic carbocycles. The summed E-state index contributed by atoms with van der Waals surface area (Å²) in [6, 6.07) is 1.79. The number of imidazole rings is 1. The van der Waals surface area contributed by atoms with Gasteiger partial charge in [0, 0.05) is 53.4 Å². The predicted molar refractivity (Wildman–Crippen MR) is 108 cm³/mol. The van der Waals surface area contributed by atoms with Gasteiger partial charge in [0.2, 0.25) is 0 Å². The van der Waals surface area contributed by atoms with Crippen molar-refractivity contribution in [1.82, 2.24) is 29.7 Å². The van der Waals surface area contributed by atoms with Gasteiger partial charge in [0.15, 0.2) is 5.82 Å². The highest BCUT2D eigenvalue weighted by Crippen LogP contribution is 2.32. The van der Waals surface area contributed by atoms with E-state index in [0.717, 1.165) is 22.5 Å². The Morgan fingerprint density at radius 2 is 2.17 bits per heavy atom. The van der Waals surface area contributed by atoms with Gasteiger partial charge in [0.05, 0.1) is 30.9 Å². The largest absolute Gasteiger partial charge is 0.364 e. The number of hydrogen-bond acceptors (Lipinski definition) is 7. The number of hydrogen-bond donors (Lipinski definition) is 1. The van der Waals surface area contributed by atoms with Crippen molar-refractivity contribution in [2.45, 2.75) is 13.5 Å². The first-order valence-electron chi connectivity index (χ1n) is 9.15. The Morgan fingerprint density at radius 3 is 2.90 bits per heavy atom. The zero-order chi connectivity index (χ0) is 20.5. The maximum Gasteiger partial charge on any atom is 0.281 e. The number of anilines is 1. The van der Waals surface area contributed by atoms with Crippen LogP contribution in [0.1, 0.15) is 17.0 Å². The minimum atomic E-state index is -0.287. The molecular weight excluding hydrogens is 384 g/mol. The number of carbonyl (C=O) groups is 1. The number of amides is 1. The molecule has 0 bridgehead atoms. The molecule has 148 valence electrons. The first-order valence-corrected chi connectivity index (χ1v) is 9.15. The molecule has 1 aliphatic rings. The second kappa shape index (κ2) is 7.24. The molecule has 5 heterocycles. The molecule has 1 N–H and O–H groups in total. The van der Waals surface area contributed by atoms with E-state index in [4.69, 9.17) is 4.52 Å². The molecule has 0 atom stereocenters. The summed E-state index contributed by atoms with van der Waals surface area (Å²) >= 11 is 0. The van der Waals surface area contributed by atoms with Gasteiger partial charge in [0.25, 0.3) is 5.91 Å². The highest BCUT2D eigenvalue weighted by molar-refractivity contribution is 6.25. The van der Waals surface area contributed by atoms with Crippen LogP contribution < -0.4 is 5.01 Å². The molecule has 4 aromatic rings. The highest BCUT2D eigenvalue weighted by Gasteiger charge is 2.27. The van der Waals surface area contributed by atoms with Gasteiger partial charge in [-0.25, -0.2) is 9.97 Å². The number of aryl methyl sites for hydroxylation is 1. The molecule has 0 fully saturated rings. The predicted octanol–water partition coefficient (Wildman–Crippen LogP) is 2.43. The van der Waals surface area contributed by atoms with Gasteiger partial charge in [-0.3, -0.25) is 9.78 Å². The number of aromatic nitrogens is 6. The Bertz CT molecular complexity index is 1240. The Balaban J connectivity index is 1.55. The van der Waals surface area contributed by atoms with E-state index in [1.807, 2.05) is 17.7 Å². The van der Waals surface area contributed by atoms with Gasteiger partial charge in [-0.15, -0.1) is 0 Å². The Kier molecular flexibility index (Phi) is 4.28. The number of aromatic amines is 1. The molecule has 10 nitrogen and oxygen atoms in total. The number of rotatable bonds is 5. The number of nitrogens with zero attached hydrogens (tertiary/aromatic N) is 7. The van der Waals surface area contributed by atoms with Crippen LogP contribution in [0.15, 0.2) is 64.8 Å². The van der Waals surface area contributed by atoms with E-state index >= 15 is 0 Å². The van der Waals surface area contributed by atoms with Gasteiger partial charge in [-0.1, -0.05) is 5.16 Å². The Hall–Kier alpha value is -4.34. The molecule has 30 heavy (non-hydrogen) atoms. The molecular formula is C20H16N8O2. The van der Waals surface area contributed by atoms with Crippen molar-refractivity contribution in [3.05, 3.63) is 72.2 Å². The summed E-state index contributed by atoms with van der Waals surface area (Å²) in [5, 5.41) is 9.50. The standard InChI is InChI=1S/C20H16N8O2/c1-13-15(11-27-6-5-22-12-27)19(16-2-7-30-26-16)17(25-13)8-14-9-24-28(20(14)29)18-10-21-3-4-23-18/h2-10,12,25H,11H2,1H3/b14-8+. The van der Waals surface area contributed by atoms with E-state index in [-0.39, 0.29) is 5.91 Å². The minimum Gasteiger partial charge on any atom is -0.364 e. The fourth-order valence-electron chi connectivity index (χ4n) is 3.36. The lowest BCUT2D eigenvalue weighted by atomic mass is 10.0. The zero-order valence-electron chi connectivity index (χ0n) is 15.9. The fourth-order valence-corrected chi connectivity index (χ4v) is 3.36. The van der Waals surface area contributed by atoms with Crippen LogP contribution >= 0.6 is 0 Å². The number of hydrazone groups is 1. The molecule has 5 rings (SSSR count). The van der Waals surface area contributed by atoms with Gasteiger partial charge < -0.3 is 14.1 Å². The average Bonchev–Trinajstić information content (AvgIpc) is 3.54. The van der Waals surface area contributed by atoms with Crippen LogP contribution in [0.5, 0.6) is 0 Å². The van der Waals surface area contributed by atoms with Crippen LogP contribution in [0.3, 0.4) is 0 Å². The number of carbonyl (C=O) groups excluding carboxylic acids is 1. The van der Waals surface area contributed by atoms with Gasteiger partial charge >= 0.3 is 0 Å². The van der Waals surface area contributed by atoms with Crippen LogP contribution in [0.25, 0.3) is 17.3 Å². The molecule has 1 amide bonds. The quantitative estimate of drug-likeness (QED) is 0.514. The van der Waals surface area contributed by atoms with E-state index in [1.54, 1.807) is 24.7 Å². The summed E-state index contributed by atoms with van der Waals surface area (Å²) < 4.78 is 7.04. The Morgan fingerprint density at radius 1 is 1.23 bits per heavy atom. The lowest BCUT2D eigenvalue weighted by Gasteiger charge is -2.09. The van der Waals surface area contributed by atoms with Crippen molar-refractivity contribution in [2.75, 3.05) is 5.01 Å². The first-order chi connectivity index (χ1) is 14.7. The molecule has 0 unspecified atom stereocenters. The van der Waals surface area contributed by atoms with Crippen molar-refractivity contribution in [3.8, 4) is 11.3 Å². The summed E-state index contributed by atoms with van der Waals surface area (Å²) in [5.41, 5.74) is 4.69. The lowest BCUT2D eigenvalue weighted by Crippen LogP contribution is -2.22. The monoisotopic (exact) mass is 400 g/mol. The van der Waals surface area contributed by atoms with E-state index in [9.17, 15) is 4.79 Å². The van der Waals surface area contributed by atoms with Gasteiger partial charge in [-0.05, 0) is 13.0 Å². The smallest absolute Gasteiger partial charge is 0.281 e. The minimum absolute atomic E-state index is 0.287. The molecule has 0 spiro atoms. The second-order valence-corrected chi connectivity index (χ2v) is 6.66. The third kappa shape index (κ3) is 3.09. The maximum absolute atomic E-state index is 12.9. The summed E-state index contributed by atoms with van der Waals surface area (Å²) in [6.07, 6.45) is 14.7.